The molecule has 1 saturated heterocycles. The van der Waals surface area contributed by atoms with Crippen molar-refractivity contribution in [3.8, 4) is 0 Å². The maximum Gasteiger partial charge on any atom is 0.320 e. The molecule has 0 aromatic heterocycles. The van der Waals surface area contributed by atoms with E-state index in [0.29, 0.717) is 0 Å². The largest absolute Gasteiger partial charge is 0.480 e. The van der Waals surface area contributed by atoms with E-state index >= 15 is 0 Å². The zero-order valence-electron chi connectivity index (χ0n) is 10.6. The van der Waals surface area contributed by atoms with Crippen molar-refractivity contribution in [2.75, 3.05) is 33.7 Å². The van der Waals surface area contributed by atoms with Crippen LogP contribution in [0.4, 0.5) is 0 Å². The van der Waals surface area contributed by atoms with Gasteiger partial charge in [-0.25, -0.2) is 0 Å². The van der Waals surface area contributed by atoms with Crippen LogP contribution in [0.5, 0.6) is 0 Å². The van der Waals surface area contributed by atoms with E-state index in [1.54, 1.807) is 6.92 Å². The monoisotopic (exact) mass is 228 g/mol. The highest BCUT2D eigenvalue weighted by molar-refractivity contribution is 5.72. The molecular formula is C12H24N2O2. The van der Waals surface area contributed by atoms with Gasteiger partial charge < -0.3 is 10.0 Å². The molecule has 0 bridgehead atoms. The minimum absolute atomic E-state index is 0.369. The van der Waals surface area contributed by atoms with Crippen LogP contribution in [-0.4, -0.2) is 60.6 Å². The Bertz CT molecular complexity index is 225. The average molecular weight is 228 g/mol. The molecule has 0 aromatic carbocycles. The third-order valence-electron chi connectivity index (χ3n) is 3.75. The lowest BCUT2D eigenvalue weighted by Gasteiger charge is -2.30. The predicted molar refractivity (Wildman–Crippen MR) is 64.6 cm³/mol. The quantitative estimate of drug-likeness (QED) is 0.766. The minimum Gasteiger partial charge on any atom is -0.480 e. The number of aliphatic carboxylic acids is 1. The summed E-state index contributed by atoms with van der Waals surface area (Å²) < 4.78 is 0. The summed E-state index contributed by atoms with van der Waals surface area (Å²) in [6.07, 6.45) is 3.64. The summed E-state index contributed by atoms with van der Waals surface area (Å²) in [4.78, 5) is 15.1. The minimum atomic E-state index is -0.731. The van der Waals surface area contributed by atoms with Gasteiger partial charge in [-0.3, -0.25) is 9.69 Å². The average Bonchev–Trinajstić information content (AvgIpc) is 2.26. The van der Waals surface area contributed by atoms with Crippen LogP contribution in [0.25, 0.3) is 0 Å². The predicted octanol–water partition coefficient (Wildman–Crippen LogP) is 1.12. The molecule has 0 aromatic rings. The Hall–Kier alpha value is -0.610. The number of hydrogen-bond acceptors (Lipinski definition) is 3. The van der Waals surface area contributed by atoms with E-state index in [9.17, 15) is 4.79 Å². The SMILES string of the molecule is CC(C(=O)O)N(C)CCC1CCN(C)CC1. The highest BCUT2D eigenvalue weighted by Crippen LogP contribution is 2.19. The number of likely N-dealkylation sites (tertiary alicyclic amines) is 1. The van der Waals surface area contributed by atoms with Gasteiger partial charge in [0.25, 0.3) is 0 Å². The second kappa shape index (κ2) is 6.21. The second-order valence-corrected chi connectivity index (χ2v) is 5.03. The molecule has 1 rings (SSSR count). The number of piperidine rings is 1. The lowest BCUT2D eigenvalue weighted by molar-refractivity contribution is -0.142. The van der Waals surface area contributed by atoms with Crippen molar-refractivity contribution in [2.24, 2.45) is 5.92 Å². The third kappa shape index (κ3) is 4.10. The van der Waals surface area contributed by atoms with Crippen molar-refractivity contribution < 1.29 is 9.90 Å². The Labute approximate surface area is 98.2 Å². The van der Waals surface area contributed by atoms with Crippen molar-refractivity contribution in [2.45, 2.75) is 32.2 Å². The van der Waals surface area contributed by atoms with Crippen LogP contribution in [-0.2, 0) is 4.79 Å². The molecule has 0 aliphatic carbocycles. The van der Waals surface area contributed by atoms with Crippen LogP contribution in [0.2, 0.25) is 0 Å². The summed E-state index contributed by atoms with van der Waals surface area (Å²) in [5.41, 5.74) is 0. The first-order valence-corrected chi connectivity index (χ1v) is 6.12. The van der Waals surface area contributed by atoms with Gasteiger partial charge in [-0.15, -0.1) is 0 Å². The van der Waals surface area contributed by atoms with E-state index in [4.69, 9.17) is 5.11 Å². The van der Waals surface area contributed by atoms with Crippen molar-refractivity contribution in [3.05, 3.63) is 0 Å². The maximum absolute atomic E-state index is 10.8. The van der Waals surface area contributed by atoms with E-state index in [0.717, 1.165) is 18.9 Å². The normalized spacial score (nSPS) is 21.2. The van der Waals surface area contributed by atoms with Crippen LogP contribution < -0.4 is 0 Å². The fraction of sp³-hybridized carbons (Fsp3) is 0.917. The molecule has 4 nitrogen and oxygen atoms in total. The molecule has 94 valence electrons. The summed E-state index contributed by atoms with van der Waals surface area (Å²) in [6, 6.07) is -0.369. The van der Waals surface area contributed by atoms with E-state index in [-0.39, 0.29) is 6.04 Å². The molecule has 1 atom stereocenters. The number of nitrogens with zero attached hydrogens (tertiary/aromatic N) is 2. The number of carboxylic acids is 1. The van der Waals surface area contributed by atoms with Crippen molar-refractivity contribution >= 4 is 5.97 Å². The summed E-state index contributed by atoms with van der Waals surface area (Å²) in [7, 11) is 4.06. The van der Waals surface area contributed by atoms with Crippen LogP contribution in [0.15, 0.2) is 0 Å². The zero-order chi connectivity index (χ0) is 12.1. The van der Waals surface area contributed by atoms with E-state index in [1.807, 2.05) is 11.9 Å². The summed E-state index contributed by atoms with van der Waals surface area (Å²) in [5.74, 6) is 0.0468. The summed E-state index contributed by atoms with van der Waals surface area (Å²) in [5, 5.41) is 8.88. The number of rotatable bonds is 5. The Balaban J connectivity index is 2.21. The molecule has 1 aliphatic heterocycles. The van der Waals surface area contributed by atoms with Gasteiger partial charge in [0.05, 0.1) is 0 Å². The molecule has 1 heterocycles. The molecule has 0 radical (unpaired) electrons. The molecule has 0 spiro atoms. The van der Waals surface area contributed by atoms with E-state index < -0.39 is 5.97 Å². The molecule has 16 heavy (non-hydrogen) atoms. The third-order valence-corrected chi connectivity index (χ3v) is 3.75. The first kappa shape index (κ1) is 13.5. The van der Waals surface area contributed by atoms with E-state index in [1.165, 1.54) is 25.9 Å². The smallest absolute Gasteiger partial charge is 0.320 e. The molecular weight excluding hydrogens is 204 g/mol. The zero-order valence-corrected chi connectivity index (χ0v) is 10.6. The van der Waals surface area contributed by atoms with Gasteiger partial charge in [-0.05, 0) is 65.8 Å². The van der Waals surface area contributed by atoms with Gasteiger partial charge in [0.1, 0.15) is 6.04 Å². The van der Waals surface area contributed by atoms with Crippen LogP contribution in [0.3, 0.4) is 0 Å². The Morgan fingerprint density at radius 1 is 1.50 bits per heavy atom. The van der Waals surface area contributed by atoms with Crippen LogP contribution in [0.1, 0.15) is 26.2 Å². The van der Waals surface area contributed by atoms with Gasteiger partial charge >= 0.3 is 5.97 Å². The lowest BCUT2D eigenvalue weighted by atomic mass is 9.93. The number of carboxylic acid groups (broad SMARTS) is 1. The number of likely N-dealkylation sites (N-methyl/N-ethyl adjacent to an activating group) is 1. The van der Waals surface area contributed by atoms with Gasteiger partial charge in [-0.1, -0.05) is 0 Å². The van der Waals surface area contributed by atoms with Gasteiger partial charge in [0.15, 0.2) is 0 Å². The van der Waals surface area contributed by atoms with E-state index in [2.05, 4.69) is 11.9 Å². The van der Waals surface area contributed by atoms with Gasteiger partial charge in [0, 0.05) is 0 Å². The molecule has 1 fully saturated rings. The second-order valence-electron chi connectivity index (χ2n) is 5.03. The number of hydrogen-bond donors (Lipinski definition) is 1. The lowest BCUT2D eigenvalue weighted by Crippen LogP contribution is -2.38. The molecule has 0 amide bonds. The fourth-order valence-electron chi connectivity index (χ4n) is 2.12. The van der Waals surface area contributed by atoms with Gasteiger partial charge in [-0.2, -0.15) is 0 Å². The van der Waals surface area contributed by atoms with Crippen molar-refractivity contribution in [1.29, 1.82) is 0 Å². The first-order valence-electron chi connectivity index (χ1n) is 6.12. The standard InChI is InChI=1S/C12H24N2O2/c1-10(12(15)16)14(3)9-6-11-4-7-13(2)8-5-11/h10-11H,4-9H2,1-3H3,(H,15,16). The maximum atomic E-state index is 10.8. The molecule has 4 heteroatoms. The topological polar surface area (TPSA) is 43.8 Å². The summed E-state index contributed by atoms with van der Waals surface area (Å²) >= 11 is 0. The molecule has 1 N–H and O–H groups in total. The molecule has 0 saturated carbocycles. The highest BCUT2D eigenvalue weighted by atomic mass is 16.4. The fourth-order valence-corrected chi connectivity index (χ4v) is 2.12. The van der Waals surface area contributed by atoms with Crippen LogP contribution in [0, 0.1) is 5.92 Å². The molecule has 1 aliphatic rings. The van der Waals surface area contributed by atoms with Crippen molar-refractivity contribution in [3.63, 3.8) is 0 Å². The Kier molecular flexibility index (Phi) is 5.22. The first-order chi connectivity index (χ1) is 7.50. The van der Waals surface area contributed by atoms with Crippen LogP contribution >= 0.6 is 0 Å². The van der Waals surface area contributed by atoms with Crippen molar-refractivity contribution in [1.82, 2.24) is 9.80 Å². The Morgan fingerprint density at radius 3 is 2.56 bits per heavy atom. The Morgan fingerprint density at radius 2 is 2.06 bits per heavy atom. The number of carbonyl (C=O) groups is 1. The molecule has 1 unspecified atom stereocenters. The highest BCUT2D eigenvalue weighted by Gasteiger charge is 2.20. The van der Waals surface area contributed by atoms with Gasteiger partial charge in [0.2, 0.25) is 0 Å². The summed E-state index contributed by atoms with van der Waals surface area (Å²) in [6.45, 7) is 5.00.